The van der Waals surface area contributed by atoms with Crippen molar-refractivity contribution in [2.75, 3.05) is 5.32 Å². The van der Waals surface area contributed by atoms with E-state index in [1.807, 2.05) is 0 Å². The number of aromatic nitrogens is 2. The highest BCUT2D eigenvalue weighted by Crippen LogP contribution is 2.41. The Bertz CT molecular complexity index is 347. The molecule has 1 fully saturated rings. The number of nitrogens with zero attached hydrogens (tertiary/aromatic N) is 2. The summed E-state index contributed by atoms with van der Waals surface area (Å²) in [6.07, 6.45) is 1.92. The van der Waals surface area contributed by atoms with Gasteiger partial charge in [-0.05, 0) is 6.42 Å². The van der Waals surface area contributed by atoms with Crippen molar-refractivity contribution >= 4 is 16.7 Å². The minimum Gasteiger partial charge on any atom is -0.357 e. The third kappa shape index (κ3) is 1.86. The Kier molecular flexibility index (Phi) is 2.68. The van der Waals surface area contributed by atoms with Crippen molar-refractivity contribution in [1.82, 2.24) is 9.36 Å². The molecule has 1 aromatic heterocycles. The molecule has 5 heteroatoms. The summed E-state index contributed by atoms with van der Waals surface area (Å²) in [5.41, 5.74) is 6.12. The molecule has 3 N–H and O–H groups in total. The lowest BCUT2D eigenvalue weighted by atomic mass is 9.63. The van der Waals surface area contributed by atoms with Gasteiger partial charge in [0, 0.05) is 35.5 Å². The van der Waals surface area contributed by atoms with E-state index in [4.69, 9.17) is 5.73 Å². The molecule has 1 aromatic rings. The van der Waals surface area contributed by atoms with Crippen LogP contribution in [-0.2, 0) is 6.42 Å². The van der Waals surface area contributed by atoms with Crippen molar-refractivity contribution in [3.05, 3.63) is 5.82 Å². The van der Waals surface area contributed by atoms with Gasteiger partial charge in [-0.25, -0.2) is 4.98 Å². The van der Waals surface area contributed by atoms with E-state index >= 15 is 0 Å². The number of nitrogens with one attached hydrogen (secondary N) is 1. The molecular weight excluding hydrogens is 208 g/mol. The van der Waals surface area contributed by atoms with Crippen molar-refractivity contribution in [1.29, 1.82) is 0 Å². The van der Waals surface area contributed by atoms with Gasteiger partial charge in [0.15, 0.2) is 0 Å². The third-order valence-electron chi connectivity index (χ3n) is 3.43. The monoisotopic (exact) mass is 226 g/mol. The molecule has 2 atom stereocenters. The average molecular weight is 226 g/mol. The van der Waals surface area contributed by atoms with E-state index in [1.54, 1.807) is 0 Å². The van der Waals surface area contributed by atoms with Crippen LogP contribution in [0.5, 0.6) is 0 Å². The first-order chi connectivity index (χ1) is 7.04. The van der Waals surface area contributed by atoms with Gasteiger partial charge in [0.25, 0.3) is 0 Å². The van der Waals surface area contributed by atoms with E-state index in [9.17, 15) is 0 Å². The van der Waals surface area contributed by atoms with Gasteiger partial charge in [0.05, 0.1) is 0 Å². The van der Waals surface area contributed by atoms with E-state index in [2.05, 4.69) is 35.4 Å². The summed E-state index contributed by atoms with van der Waals surface area (Å²) in [6, 6.07) is 0.735. The molecule has 1 aliphatic carbocycles. The molecule has 0 bridgehead atoms. The zero-order valence-electron chi connectivity index (χ0n) is 9.45. The highest BCUT2D eigenvalue weighted by molar-refractivity contribution is 7.09. The summed E-state index contributed by atoms with van der Waals surface area (Å²) >= 11 is 1.44. The Morgan fingerprint density at radius 3 is 2.80 bits per heavy atom. The fraction of sp³-hybridized carbons (Fsp3) is 0.800. The van der Waals surface area contributed by atoms with Gasteiger partial charge in [-0.3, -0.25) is 0 Å². The van der Waals surface area contributed by atoms with Gasteiger partial charge >= 0.3 is 0 Å². The number of anilines is 1. The van der Waals surface area contributed by atoms with Gasteiger partial charge in [0.1, 0.15) is 5.82 Å². The Morgan fingerprint density at radius 1 is 1.60 bits per heavy atom. The predicted molar refractivity (Wildman–Crippen MR) is 63.1 cm³/mol. The Morgan fingerprint density at radius 2 is 2.33 bits per heavy atom. The van der Waals surface area contributed by atoms with Crippen LogP contribution in [-0.4, -0.2) is 21.4 Å². The van der Waals surface area contributed by atoms with E-state index in [1.165, 1.54) is 11.5 Å². The van der Waals surface area contributed by atoms with Crippen LogP contribution in [0.4, 0.5) is 5.13 Å². The van der Waals surface area contributed by atoms with Gasteiger partial charge in [-0.15, -0.1) is 0 Å². The van der Waals surface area contributed by atoms with Crippen LogP contribution in [0.3, 0.4) is 0 Å². The largest absolute Gasteiger partial charge is 0.357 e. The molecule has 1 aliphatic rings. The number of rotatable bonds is 3. The number of hydrogen-bond donors (Lipinski definition) is 2. The van der Waals surface area contributed by atoms with Gasteiger partial charge in [-0.2, -0.15) is 4.37 Å². The van der Waals surface area contributed by atoms with Crippen molar-refractivity contribution in [3.63, 3.8) is 0 Å². The highest BCUT2D eigenvalue weighted by Gasteiger charge is 2.46. The third-order valence-corrected chi connectivity index (χ3v) is 4.11. The maximum atomic E-state index is 5.96. The van der Waals surface area contributed by atoms with Crippen LogP contribution < -0.4 is 11.1 Å². The first kappa shape index (κ1) is 10.8. The maximum absolute atomic E-state index is 5.96. The molecule has 15 heavy (non-hydrogen) atoms. The van der Waals surface area contributed by atoms with Gasteiger partial charge in [0.2, 0.25) is 5.13 Å². The van der Waals surface area contributed by atoms with Crippen LogP contribution in [0.1, 0.15) is 33.0 Å². The van der Waals surface area contributed by atoms with Gasteiger partial charge < -0.3 is 11.1 Å². The van der Waals surface area contributed by atoms with Crippen LogP contribution in [0.15, 0.2) is 0 Å². The minimum absolute atomic E-state index is 0.165. The minimum atomic E-state index is 0.165. The molecule has 84 valence electrons. The second-order valence-corrected chi connectivity index (χ2v) is 5.48. The second kappa shape index (κ2) is 3.72. The number of nitrogens with two attached hydrogens (primary N) is 1. The van der Waals surface area contributed by atoms with Crippen molar-refractivity contribution in [2.24, 2.45) is 11.1 Å². The average Bonchev–Trinajstić information content (AvgIpc) is 2.65. The van der Waals surface area contributed by atoms with Crippen LogP contribution in [0.2, 0.25) is 0 Å². The SMILES string of the molecule is CCc1nsc(NC2CC(N)C2(C)C)n1. The molecule has 0 amide bonds. The Balaban J connectivity index is 1.98. The Labute approximate surface area is 94.5 Å². The number of aryl methyl sites for hydroxylation is 1. The van der Waals surface area contributed by atoms with E-state index in [0.29, 0.717) is 12.1 Å². The molecule has 0 aliphatic heterocycles. The maximum Gasteiger partial charge on any atom is 0.202 e. The molecule has 1 saturated carbocycles. The van der Waals surface area contributed by atoms with E-state index in [0.717, 1.165) is 23.8 Å². The molecule has 2 rings (SSSR count). The van der Waals surface area contributed by atoms with Crippen molar-refractivity contribution in [3.8, 4) is 0 Å². The standard InChI is InChI=1S/C10H18N4S/c1-4-8-13-9(15-14-8)12-7-5-6(11)10(7,2)3/h6-7H,4-5,11H2,1-3H3,(H,12,13,14). The molecule has 0 spiro atoms. The molecule has 0 radical (unpaired) electrons. The highest BCUT2D eigenvalue weighted by atomic mass is 32.1. The zero-order valence-corrected chi connectivity index (χ0v) is 10.3. The summed E-state index contributed by atoms with van der Waals surface area (Å²) < 4.78 is 4.25. The lowest BCUT2D eigenvalue weighted by Crippen LogP contribution is -2.61. The molecular formula is C10H18N4S. The lowest BCUT2D eigenvalue weighted by Gasteiger charge is -2.50. The topological polar surface area (TPSA) is 63.8 Å². The first-order valence-corrected chi connectivity index (χ1v) is 6.16. The summed E-state index contributed by atoms with van der Waals surface area (Å²) in [7, 11) is 0. The number of hydrogen-bond acceptors (Lipinski definition) is 5. The van der Waals surface area contributed by atoms with E-state index in [-0.39, 0.29) is 5.41 Å². The zero-order chi connectivity index (χ0) is 11.1. The summed E-state index contributed by atoms with van der Waals surface area (Å²) in [5.74, 6) is 0.920. The fourth-order valence-electron chi connectivity index (χ4n) is 1.81. The predicted octanol–water partition coefficient (Wildman–Crippen LogP) is 1.64. The van der Waals surface area contributed by atoms with Crippen LogP contribution >= 0.6 is 11.5 Å². The van der Waals surface area contributed by atoms with Crippen molar-refractivity contribution < 1.29 is 0 Å². The molecule has 1 heterocycles. The molecule has 4 nitrogen and oxygen atoms in total. The summed E-state index contributed by atoms with van der Waals surface area (Å²) in [6.45, 7) is 6.45. The van der Waals surface area contributed by atoms with Crippen LogP contribution in [0.25, 0.3) is 0 Å². The van der Waals surface area contributed by atoms with Crippen molar-refractivity contribution in [2.45, 2.75) is 45.7 Å². The summed E-state index contributed by atoms with van der Waals surface area (Å²) in [5, 5.41) is 4.35. The summed E-state index contributed by atoms with van der Waals surface area (Å²) in [4.78, 5) is 4.40. The lowest BCUT2D eigenvalue weighted by molar-refractivity contribution is 0.117. The Hall–Kier alpha value is -0.680. The molecule has 0 aromatic carbocycles. The molecule has 0 saturated heterocycles. The second-order valence-electron chi connectivity index (χ2n) is 4.73. The van der Waals surface area contributed by atoms with Gasteiger partial charge in [-0.1, -0.05) is 20.8 Å². The normalized spacial score (nSPS) is 28.5. The first-order valence-electron chi connectivity index (χ1n) is 5.38. The quantitative estimate of drug-likeness (QED) is 0.822. The van der Waals surface area contributed by atoms with Crippen LogP contribution in [0, 0.1) is 5.41 Å². The smallest absolute Gasteiger partial charge is 0.202 e. The fourth-order valence-corrected chi connectivity index (χ4v) is 2.51. The molecule has 2 unspecified atom stereocenters. The van der Waals surface area contributed by atoms with E-state index < -0.39 is 0 Å².